The first kappa shape index (κ1) is 45.2. The maximum absolute atomic E-state index is 5.93. The Labute approximate surface area is 346 Å². The molecule has 6 aliphatic rings. The van der Waals surface area contributed by atoms with E-state index in [4.69, 9.17) is 19.4 Å². The Morgan fingerprint density at radius 2 is 0.698 bits per heavy atom. The fraction of sp³-hybridized carbons (Fsp3) is 0.830. The van der Waals surface area contributed by atoms with E-state index in [2.05, 4.69) is 36.0 Å². The molecule has 6 heteroatoms. The van der Waals surface area contributed by atoms with Crippen LogP contribution in [-0.2, 0) is 13.5 Å². The van der Waals surface area contributed by atoms with Gasteiger partial charge in [0.25, 0.3) is 0 Å². The molecule has 0 radical (unpaired) electrons. The van der Waals surface area contributed by atoms with Crippen LogP contribution in [0.4, 0.5) is 0 Å². The van der Waals surface area contributed by atoms with Crippen molar-refractivity contribution in [1.82, 2.24) is 0 Å². The van der Waals surface area contributed by atoms with Crippen molar-refractivity contribution >= 4 is 52.8 Å². The molecule has 0 heterocycles. The summed E-state index contributed by atoms with van der Waals surface area (Å²) in [4.78, 5) is 0. The molecule has 0 saturated heterocycles. The van der Waals surface area contributed by atoms with Gasteiger partial charge in [-0.05, 0) is 154 Å². The van der Waals surface area contributed by atoms with Crippen LogP contribution in [0.2, 0.25) is 19.6 Å². The summed E-state index contributed by atoms with van der Waals surface area (Å²) in [5, 5.41) is 1.26. The fourth-order valence-corrected chi connectivity index (χ4v) is 28.2. The Kier molecular flexibility index (Phi) is 21.3. The molecule has 1 aromatic rings. The van der Waals surface area contributed by atoms with Crippen LogP contribution in [0.3, 0.4) is 0 Å². The first-order valence-corrected chi connectivity index (χ1v) is 35.5. The van der Waals surface area contributed by atoms with Crippen molar-refractivity contribution in [3.05, 3.63) is 35.9 Å². The quantitative estimate of drug-likeness (QED) is 0.180. The third-order valence-corrected chi connectivity index (χ3v) is 27.4. The van der Waals surface area contributed by atoms with E-state index >= 15 is 0 Å². The van der Waals surface area contributed by atoms with E-state index in [-0.39, 0.29) is 15.8 Å². The molecule has 0 bridgehead atoms. The molecule has 53 heavy (non-hydrogen) atoms. The van der Waals surface area contributed by atoms with Gasteiger partial charge in [0.15, 0.2) is 0 Å². The SMILES string of the molecule is C1CCC([PH+](C2CCCCC2)C2CCCCC2)CC1.C1CCC([PH+](C2CCCCC2)C2CCCCC2)CC1.C[Si](C)(C)C(=[C]=[Ru]([Cl])[Cl])c1ccccc1. The molecule has 6 saturated carbocycles. The third-order valence-electron chi connectivity index (χ3n) is 14.4. The van der Waals surface area contributed by atoms with E-state index in [9.17, 15) is 0 Å². The van der Waals surface area contributed by atoms with Crippen LogP contribution in [-0.4, -0.2) is 46.3 Å². The minimum atomic E-state index is -1.85. The molecule has 0 aromatic heterocycles. The predicted molar refractivity (Wildman–Crippen MR) is 248 cm³/mol. The molecule has 304 valence electrons. The maximum atomic E-state index is 5.93. The molecule has 0 N–H and O–H groups in total. The number of benzene rings is 1. The molecule has 0 aliphatic heterocycles. The monoisotopic (exact) mass is 908 g/mol. The molecule has 6 fully saturated rings. The topological polar surface area (TPSA) is 0 Å². The summed E-state index contributed by atoms with van der Waals surface area (Å²) < 4.78 is 3.29. The van der Waals surface area contributed by atoms with Crippen LogP contribution >= 0.6 is 35.2 Å². The third kappa shape index (κ3) is 15.4. The molecule has 0 spiro atoms. The van der Waals surface area contributed by atoms with Gasteiger partial charge in [0.1, 0.15) is 0 Å². The second-order valence-electron chi connectivity index (χ2n) is 19.3. The molecule has 0 amide bonds. The summed E-state index contributed by atoms with van der Waals surface area (Å²) in [6.07, 6.45) is 47.6. The van der Waals surface area contributed by atoms with Crippen molar-refractivity contribution in [1.29, 1.82) is 0 Å². The van der Waals surface area contributed by atoms with Crippen LogP contribution in [0.5, 0.6) is 0 Å². The summed E-state index contributed by atoms with van der Waals surface area (Å²) in [7, 11) is 10.3. The first-order valence-electron chi connectivity index (χ1n) is 23.2. The molecule has 6 aliphatic carbocycles. The van der Waals surface area contributed by atoms with Crippen LogP contribution in [0.25, 0.3) is 5.20 Å². The van der Waals surface area contributed by atoms with E-state index in [1.54, 1.807) is 193 Å². The van der Waals surface area contributed by atoms with Gasteiger partial charge in [-0.25, -0.2) is 0 Å². The summed E-state index contributed by atoms with van der Waals surface area (Å²) in [6, 6.07) is 10.3. The van der Waals surface area contributed by atoms with Crippen molar-refractivity contribution in [3.63, 3.8) is 0 Å². The van der Waals surface area contributed by atoms with Gasteiger partial charge < -0.3 is 0 Å². The summed E-state index contributed by atoms with van der Waals surface area (Å²) in [6.45, 7) is 6.86. The van der Waals surface area contributed by atoms with Gasteiger partial charge in [0.05, 0.1) is 34.0 Å². The second kappa shape index (κ2) is 24.9. The van der Waals surface area contributed by atoms with E-state index < -0.39 is 21.6 Å². The Morgan fingerprint density at radius 1 is 0.453 bits per heavy atom. The van der Waals surface area contributed by atoms with Gasteiger partial charge in [-0.3, -0.25) is 0 Å². The summed E-state index contributed by atoms with van der Waals surface area (Å²) in [5.41, 5.74) is 8.58. The summed E-state index contributed by atoms with van der Waals surface area (Å²) >= 11 is -1.85. The van der Waals surface area contributed by atoms with E-state index in [0.717, 1.165) is 0 Å². The standard InChI is InChI=1S/2C18H33P.C11H14Si.2ClH.Ru/c2*1-4-10-16(11-5-1)19(17-12-6-2-7-13-17)18-14-8-3-9-15-18;1-10(12(2,3)4)11-8-6-5-7-9-11;;;/h2*16-18H,1-15H2;5-9H,2-4H3;2*1H;/q;;;;;+2. The second-order valence-corrected chi connectivity index (χ2v) is 36.5. The van der Waals surface area contributed by atoms with Crippen molar-refractivity contribution < 1.29 is 13.5 Å². The number of halogens is 2. The molecule has 0 nitrogen and oxygen atoms in total. The number of rotatable bonds is 8. The van der Waals surface area contributed by atoms with Crippen LogP contribution in [0.1, 0.15) is 198 Å². The Morgan fingerprint density at radius 3 is 0.906 bits per heavy atom. The van der Waals surface area contributed by atoms with Gasteiger partial charge in [-0.15, -0.1) is 0 Å². The molecular formula is C47H82Cl2P2RuSi+2. The predicted octanol–water partition coefficient (Wildman–Crippen LogP) is 16.7. The van der Waals surface area contributed by atoms with Crippen molar-refractivity contribution in [2.75, 3.05) is 0 Å². The first-order chi connectivity index (χ1) is 25.8. The molecule has 7 rings (SSSR count). The Hall–Kier alpha value is 1.15. The Balaban J connectivity index is 0.000000155. The minimum absolute atomic E-state index is 0.0465. The normalized spacial score (nSPS) is 24.1. The van der Waals surface area contributed by atoms with Crippen molar-refractivity contribution in [2.24, 2.45) is 0 Å². The van der Waals surface area contributed by atoms with Crippen molar-refractivity contribution in [3.8, 4) is 0 Å². The zero-order valence-electron chi connectivity index (χ0n) is 34.7. The molecule has 0 unspecified atom stereocenters. The van der Waals surface area contributed by atoms with E-state index in [1.807, 2.05) is 18.2 Å². The summed E-state index contributed by atoms with van der Waals surface area (Å²) in [5.74, 6) is 0. The Bertz CT molecular complexity index is 1050. The molecule has 0 atom stereocenters. The zero-order chi connectivity index (χ0) is 37.3. The van der Waals surface area contributed by atoms with Gasteiger partial charge in [-0.1, -0.05) is 38.5 Å². The van der Waals surface area contributed by atoms with E-state index in [0.29, 0.717) is 0 Å². The molecular weight excluding hydrogens is 827 g/mol. The average Bonchev–Trinajstić information content (AvgIpc) is 3.20. The van der Waals surface area contributed by atoms with E-state index in [1.165, 1.54) is 44.7 Å². The average molecular weight is 909 g/mol. The fourth-order valence-electron chi connectivity index (χ4n) is 11.9. The van der Waals surface area contributed by atoms with Gasteiger partial charge in [0.2, 0.25) is 0 Å². The van der Waals surface area contributed by atoms with Crippen LogP contribution in [0.15, 0.2) is 30.3 Å². The number of hydrogen-bond donors (Lipinski definition) is 0. The van der Waals surface area contributed by atoms with Gasteiger partial charge >= 0.3 is 106 Å². The number of hydrogen-bond acceptors (Lipinski definition) is 0. The zero-order valence-corrected chi connectivity index (χ0v) is 40.9. The van der Waals surface area contributed by atoms with Crippen LogP contribution < -0.4 is 0 Å². The van der Waals surface area contributed by atoms with Crippen LogP contribution in [0, 0.1) is 0 Å². The van der Waals surface area contributed by atoms with Gasteiger partial charge in [0, 0.05) is 15.8 Å². The van der Waals surface area contributed by atoms with Gasteiger partial charge in [-0.2, -0.15) is 0 Å². The molecule has 1 aromatic carbocycles. The van der Waals surface area contributed by atoms with Crippen molar-refractivity contribution in [2.45, 2.75) is 246 Å².